The maximum absolute atomic E-state index is 13.1. The van der Waals surface area contributed by atoms with Crippen molar-refractivity contribution < 1.29 is 60.4 Å². The highest BCUT2D eigenvalue weighted by atomic mass is 35.5. The topological polar surface area (TPSA) is 226 Å². The number of benzene rings is 1. The number of likely N-dealkylation sites (tertiary alicyclic amines) is 1. The number of nitrogens with one attached hydrogen (secondary N) is 3. The van der Waals surface area contributed by atoms with Crippen LogP contribution in [0.2, 0.25) is 5.02 Å². The van der Waals surface area contributed by atoms with Crippen molar-refractivity contribution in [1.82, 2.24) is 30.2 Å². The molecule has 0 aliphatic carbocycles. The van der Waals surface area contributed by atoms with Crippen molar-refractivity contribution in [3.63, 3.8) is 0 Å². The molecule has 294 valence electrons. The van der Waals surface area contributed by atoms with E-state index < -0.39 is 24.3 Å². The Kier molecular flexibility index (Phi) is 13.5. The molecular formula is C32H30ClF6N9O7. The van der Waals surface area contributed by atoms with E-state index in [4.69, 9.17) is 31.4 Å². The standard InChI is InChI=1S/C28H28ClN9O3.2C2HF3O2/c1-16-25(37-41-36-16)27(40)38-8-6-17(7-9-38)11-24(39)34-23-5-4-20-12-19(23)3-2-18-10-21(14-30-13-18)33-28-31-15-22(29)26(32-20)35-28;2*3-2(4,5)1(6)7/h4-5,10,12-15,17H,2-3,6-9,11H2,1H3,(H,34,39)(H2,31,32,33,35);2*(H,6,7). The predicted molar refractivity (Wildman–Crippen MR) is 180 cm³/mol. The minimum atomic E-state index is -5.08. The Labute approximate surface area is 311 Å². The van der Waals surface area contributed by atoms with E-state index in [0.717, 1.165) is 47.5 Å². The second kappa shape index (κ2) is 17.8. The second-order valence-corrected chi connectivity index (χ2v) is 12.3. The highest BCUT2D eigenvalue weighted by Gasteiger charge is 2.39. The molecular weight excluding hydrogens is 772 g/mol. The van der Waals surface area contributed by atoms with Gasteiger partial charge in [-0.25, -0.2) is 19.2 Å². The fourth-order valence-electron chi connectivity index (χ4n) is 5.13. The van der Waals surface area contributed by atoms with Gasteiger partial charge in [0.1, 0.15) is 10.7 Å². The Morgan fingerprint density at radius 2 is 1.58 bits per heavy atom. The Morgan fingerprint density at radius 3 is 2.18 bits per heavy atom. The Balaban J connectivity index is 0.000000410. The number of hydrogen-bond acceptors (Lipinski definition) is 12. The van der Waals surface area contributed by atoms with E-state index in [1.165, 1.54) is 0 Å². The van der Waals surface area contributed by atoms with Gasteiger partial charge in [-0.2, -0.15) is 31.3 Å². The molecule has 0 radical (unpaired) electrons. The van der Waals surface area contributed by atoms with Gasteiger partial charge in [-0.15, -0.1) is 0 Å². The number of carboxylic acids is 2. The van der Waals surface area contributed by atoms with Crippen molar-refractivity contribution in [3.05, 3.63) is 70.4 Å². The molecule has 3 aromatic heterocycles. The summed E-state index contributed by atoms with van der Waals surface area (Å²) in [6.45, 7) is 2.81. The lowest BCUT2D eigenvalue weighted by Crippen LogP contribution is -2.39. The number of rotatable bonds is 4. The number of hydrogen-bond donors (Lipinski definition) is 5. The third-order valence-electron chi connectivity index (χ3n) is 7.84. The van der Waals surface area contributed by atoms with Gasteiger partial charge in [0.15, 0.2) is 11.5 Å². The van der Waals surface area contributed by atoms with Crippen LogP contribution >= 0.6 is 11.6 Å². The van der Waals surface area contributed by atoms with Gasteiger partial charge in [0.05, 0.1) is 18.1 Å². The summed E-state index contributed by atoms with van der Waals surface area (Å²) in [4.78, 5) is 58.5. The number of carboxylic acid groups (broad SMARTS) is 2. The quantitative estimate of drug-likeness (QED) is 0.150. The molecule has 0 atom stereocenters. The average Bonchev–Trinajstić information content (AvgIpc) is 3.55. The largest absolute Gasteiger partial charge is 0.490 e. The van der Waals surface area contributed by atoms with Crippen LogP contribution in [0.5, 0.6) is 0 Å². The number of aromatic nitrogens is 5. The van der Waals surface area contributed by atoms with Crippen molar-refractivity contribution in [2.75, 3.05) is 29.0 Å². The summed E-state index contributed by atoms with van der Waals surface area (Å²) in [6, 6.07) is 7.79. The molecule has 0 spiro atoms. The van der Waals surface area contributed by atoms with Crippen LogP contribution < -0.4 is 16.0 Å². The van der Waals surface area contributed by atoms with Crippen LogP contribution in [0.1, 0.15) is 46.6 Å². The SMILES string of the molecule is Cc1nonc1C(=O)N1CCC(CC(=O)Nc2ccc3cc2CCc2cncc(c2)Nc2ncc(Cl)c(n2)N3)CC1.O=C(O)C(F)(F)F.O=C(O)C(F)(F)F. The monoisotopic (exact) mass is 801 g/mol. The summed E-state index contributed by atoms with van der Waals surface area (Å²) < 4.78 is 68.1. The minimum Gasteiger partial charge on any atom is -0.475 e. The molecule has 2 aliphatic rings. The molecule has 16 nitrogen and oxygen atoms in total. The summed E-state index contributed by atoms with van der Waals surface area (Å²) in [6.07, 6.45) is -1.83. The molecule has 2 aliphatic heterocycles. The number of aliphatic carboxylic acids is 2. The molecule has 55 heavy (non-hydrogen) atoms. The van der Waals surface area contributed by atoms with Crippen molar-refractivity contribution >= 4 is 64.2 Å². The van der Waals surface area contributed by atoms with Gasteiger partial charge in [0.25, 0.3) is 5.91 Å². The molecule has 4 aromatic rings. The highest BCUT2D eigenvalue weighted by Crippen LogP contribution is 2.30. The molecule has 6 rings (SSSR count). The lowest BCUT2D eigenvalue weighted by molar-refractivity contribution is -0.193. The maximum atomic E-state index is 13.1. The molecule has 0 saturated carbocycles. The van der Waals surface area contributed by atoms with Gasteiger partial charge in [0, 0.05) is 37.1 Å². The van der Waals surface area contributed by atoms with Crippen LogP contribution in [0.25, 0.3) is 0 Å². The van der Waals surface area contributed by atoms with E-state index in [9.17, 15) is 35.9 Å². The smallest absolute Gasteiger partial charge is 0.475 e. The molecule has 23 heteroatoms. The zero-order valence-electron chi connectivity index (χ0n) is 28.3. The van der Waals surface area contributed by atoms with Gasteiger partial charge in [0.2, 0.25) is 11.9 Å². The number of fused-ring (bicyclic) bond motifs is 6. The zero-order valence-corrected chi connectivity index (χ0v) is 29.1. The van der Waals surface area contributed by atoms with Gasteiger partial charge in [-0.1, -0.05) is 16.8 Å². The van der Waals surface area contributed by atoms with Crippen LogP contribution in [0.15, 0.2) is 47.5 Å². The Morgan fingerprint density at radius 1 is 0.927 bits per heavy atom. The van der Waals surface area contributed by atoms with E-state index in [-0.39, 0.29) is 23.4 Å². The number of carbonyl (C=O) groups excluding carboxylic acids is 2. The number of halogens is 7. The summed E-state index contributed by atoms with van der Waals surface area (Å²) in [5.41, 5.74) is 5.06. The first-order valence-electron chi connectivity index (χ1n) is 15.9. The highest BCUT2D eigenvalue weighted by molar-refractivity contribution is 6.32. The van der Waals surface area contributed by atoms with Crippen LogP contribution in [0, 0.1) is 12.8 Å². The lowest BCUT2D eigenvalue weighted by atomic mass is 9.93. The summed E-state index contributed by atoms with van der Waals surface area (Å²) in [7, 11) is 0. The average molecular weight is 802 g/mol. The molecule has 1 aromatic carbocycles. The lowest BCUT2D eigenvalue weighted by Gasteiger charge is -2.31. The predicted octanol–water partition coefficient (Wildman–Crippen LogP) is 5.95. The number of amides is 2. The van der Waals surface area contributed by atoms with Crippen LogP contribution in [-0.2, 0) is 27.2 Å². The molecule has 1 fully saturated rings. The van der Waals surface area contributed by atoms with Crippen molar-refractivity contribution in [2.24, 2.45) is 5.92 Å². The Bertz CT molecular complexity index is 2000. The van der Waals surface area contributed by atoms with E-state index in [1.54, 1.807) is 24.2 Å². The van der Waals surface area contributed by atoms with Crippen LogP contribution in [0.3, 0.4) is 0 Å². The normalized spacial score (nSPS) is 14.1. The third kappa shape index (κ3) is 12.2. The van der Waals surface area contributed by atoms with Gasteiger partial charge in [-0.05, 0) is 79.1 Å². The first-order valence-corrected chi connectivity index (χ1v) is 16.3. The number of aryl methyl sites for hydroxylation is 3. The number of anilines is 5. The summed E-state index contributed by atoms with van der Waals surface area (Å²) in [5, 5.41) is 31.6. The number of alkyl halides is 6. The minimum absolute atomic E-state index is 0.0532. The molecule has 1 saturated heterocycles. The van der Waals surface area contributed by atoms with E-state index >= 15 is 0 Å². The van der Waals surface area contributed by atoms with E-state index in [2.05, 4.69) is 45.8 Å². The van der Waals surface area contributed by atoms with Crippen LogP contribution in [0.4, 0.5) is 55.2 Å². The zero-order chi connectivity index (χ0) is 40.5. The fourth-order valence-corrected chi connectivity index (χ4v) is 5.27. The number of pyridine rings is 1. The van der Waals surface area contributed by atoms with E-state index in [1.807, 2.05) is 30.5 Å². The Hall–Kier alpha value is -6.06. The third-order valence-corrected chi connectivity index (χ3v) is 8.11. The molecule has 6 bridgehead atoms. The van der Waals surface area contributed by atoms with Crippen molar-refractivity contribution in [1.29, 1.82) is 0 Å². The summed E-state index contributed by atoms with van der Waals surface area (Å²) >= 11 is 6.37. The summed E-state index contributed by atoms with van der Waals surface area (Å²) in [5.74, 6) is -4.70. The fraction of sp³-hybridized carbons (Fsp3) is 0.344. The number of piperidine rings is 1. The molecule has 5 heterocycles. The van der Waals surface area contributed by atoms with Crippen molar-refractivity contribution in [2.45, 2.75) is 51.4 Å². The van der Waals surface area contributed by atoms with Gasteiger partial charge >= 0.3 is 24.3 Å². The van der Waals surface area contributed by atoms with Crippen LogP contribution in [-0.4, -0.2) is 89.6 Å². The number of carbonyl (C=O) groups is 4. The number of nitrogens with zero attached hydrogens (tertiary/aromatic N) is 6. The second-order valence-electron chi connectivity index (χ2n) is 11.9. The first-order chi connectivity index (χ1) is 25.8. The first kappa shape index (κ1) is 41.7. The molecule has 2 amide bonds. The van der Waals surface area contributed by atoms with Gasteiger partial charge < -0.3 is 31.1 Å². The molecule has 0 unspecified atom stereocenters. The maximum Gasteiger partial charge on any atom is 0.490 e. The van der Waals surface area contributed by atoms with E-state index in [0.29, 0.717) is 48.4 Å². The molecule has 5 N–H and O–H groups in total. The van der Waals surface area contributed by atoms with Gasteiger partial charge in [-0.3, -0.25) is 14.6 Å². The van der Waals surface area contributed by atoms with Crippen molar-refractivity contribution in [3.8, 4) is 0 Å².